The van der Waals surface area contributed by atoms with Gasteiger partial charge in [0.1, 0.15) is 4.88 Å². The van der Waals surface area contributed by atoms with Gasteiger partial charge in [0.15, 0.2) is 5.13 Å². The number of aromatic carboxylic acids is 1. The molecule has 0 fully saturated rings. The van der Waals surface area contributed by atoms with E-state index in [2.05, 4.69) is 15.3 Å². The molecule has 0 bridgehead atoms. The number of amides is 1. The van der Waals surface area contributed by atoms with Gasteiger partial charge in [0.05, 0.1) is 17.5 Å². The van der Waals surface area contributed by atoms with Crippen LogP contribution in [0.1, 0.15) is 22.2 Å². The largest absolute Gasteiger partial charge is 0.492 e. The van der Waals surface area contributed by atoms with Gasteiger partial charge < -0.3 is 15.5 Å². The highest BCUT2D eigenvalue weighted by molar-refractivity contribution is 7.17. The summed E-state index contributed by atoms with van der Waals surface area (Å²) >= 11 is 1.08. The summed E-state index contributed by atoms with van der Waals surface area (Å²) in [5.74, 6) is -1.52. The zero-order valence-electron chi connectivity index (χ0n) is 10.9. The van der Waals surface area contributed by atoms with Crippen LogP contribution in [0.3, 0.4) is 0 Å². The highest BCUT2D eigenvalue weighted by Gasteiger charge is 2.09. The summed E-state index contributed by atoms with van der Waals surface area (Å²) in [6.45, 7) is 1.34. The summed E-state index contributed by atoms with van der Waals surface area (Å²) in [5.41, 5.74) is 0.705. The zero-order chi connectivity index (χ0) is 15.4. The second-order valence-electron chi connectivity index (χ2n) is 4.00. The number of thiazole rings is 1. The van der Waals surface area contributed by atoms with Crippen LogP contribution in [-0.4, -0.2) is 33.3 Å². The molecule has 2 aromatic rings. The molecular weight excluding hydrogens is 294 g/mol. The minimum atomic E-state index is -1.01. The number of carbonyl (C=O) groups excluding carboxylic acids is 1. The van der Waals surface area contributed by atoms with Gasteiger partial charge in [-0.25, -0.2) is 4.79 Å². The predicted octanol–water partition coefficient (Wildman–Crippen LogP) is 2.26. The summed E-state index contributed by atoms with van der Waals surface area (Å²) in [4.78, 5) is 29.9. The average molecular weight is 305 g/mol. The van der Waals surface area contributed by atoms with E-state index >= 15 is 0 Å². The lowest BCUT2D eigenvalue weighted by Gasteiger charge is -1.95. The molecule has 2 rings (SSSR count). The molecule has 0 aliphatic heterocycles. The van der Waals surface area contributed by atoms with Crippen molar-refractivity contribution in [1.82, 2.24) is 4.98 Å². The van der Waals surface area contributed by atoms with Crippen molar-refractivity contribution in [3.8, 4) is 5.88 Å². The van der Waals surface area contributed by atoms with E-state index in [0.717, 1.165) is 11.3 Å². The van der Waals surface area contributed by atoms with Crippen LogP contribution in [0.4, 0.5) is 10.8 Å². The summed E-state index contributed by atoms with van der Waals surface area (Å²) in [7, 11) is 0. The Bertz CT molecular complexity index is 707. The molecule has 0 aliphatic rings. The Balaban J connectivity index is 2.15. The Morgan fingerprint density at radius 3 is 2.57 bits per heavy atom. The maximum atomic E-state index is 10.9. The number of aromatic hydroxyl groups is 1. The second kappa shape index (κ2) is 6.14. The maximum Gasteiger partial charge on any atom is 0.335 e. The number of carbonyl (C=O) groups is 2. The molecule has 0 saturated carbocycles. The van der Waals surface area contributed by atoms with E-state index in [0.29, 0.717) is 10.6 Å². The zero-order valence-corrected chi connectivity index (χ0v) is 11.7. The molecule has 8 heteroatoms. The summed E-state index contributed by atoms with van der Waals surface area (Å²) in [5, 5.41) is 21.1. The summed E-state index contributed by atoms with van der Waals surface area (Å²) in [6, 6.07) is 5.97. The molecule has 0 spiro atoms. The third-order valence-electron chi connectivity index (χ3n) is 2.36. The first-order valence-electron chi connectivity index (χ1n) is 5.80. The minimum Gasteiger partial charge on any atom is -0.492 e. The topological polar surface area (TPSA) is 112 Å². The third-order valence-corrected chi connectivity index (χ3v) is 3.26. The molecule has 0 radical (unpaired) electrons. The molecule has 0 atom stereocenters. The fraction of sp³-hybridized carbons (Fsp3) is 0.0769. The van der Waals surface area contributed by atoms with E-state index < -0.39 is 5.97 Å². The molecule has 21 heavy (non-hydrogen) atoms. The second-order valence-corrected chi connectivity index (χ2v) is 5.03. The quantitative estimate of drug-likeness (QED) is 0.750. The van der Waals surface area contributed by atoms with E-state index in [9.17, 15) is 14.7 Å². The van der Waals surface area contributed by atoms with Gasteiger partial charge in [-0.3, -0.25) is 9.79 Å². The third kappa shape index (κ3) is 3.86. The van der Waals surface area contributed by atoms with Gasteiger partial charge in [-0.05, 0) is 24.3 Å². The lowest BCUT2D eigenvalue weighted by molar-refractivity contribution is -0.114. The van der Waals surface area contributed by atoms with Crippen LogP contribution in [-0.2, 0) is 4.79 Å². The van der Waals surface area contributed by atoms with Gasteiger partial charge in [0.2, 0.25) is 11.8 Å². The Kier molecular flexibility index (Phi) is 4.29. The van der Waals surface area contributed by atoms with E-state index in [-0.39, 0.29) is 22.5 Å². The number of aromatic nitrogens is 1. The molecule has 0 saturated heterocycles. The first kappa shape index (κ1) is 14.7. The number of carboxylic acid groups (broad SMARTS) is 1. The van der Waals surface area contributed by atoms with Crippen molar-refractivity contribution < 1.29 is 19.8 Å². The fourth-order valence-corrected chi connectivity index (χ4v) is 2.21. The van der Waals surface area contributed by atoms with Crippen molar-refractivity contribution in [2.75, 3.05) is 5.32 Å². The van der Waals surface area contributed by atoms with Crippen LogP contribution in [0.5, 0.6) is 5.88 Å². The van der Waals surface area contributed by atoms with Gasteiger partial charge >= 0.3 is 5.97 Å². The van der Waals surface area contributed by atoms with Crippen LogP contribution in [0.25, 0.3) is 0 Å². The molecule has 7 nitrogen and oxygen atoms in total. The lowest BCUT2D eigenvalue weighted by atomic mass is 10.2. The number of anilines is 1. The summed E-state index contributed by atoms with van der Waals surface area (Å²) in [6.07, 6.45) is 1.40. The molecule has 1 aromatic carbocycles. The van der Waals surface area contributed by atoms with Crippen molar-refractivity contribution in [3.05, 3.63) is 34.7 Å². The van der Waals surface area contributed by atoms with Crippen molar-refractivity contribution >= 4 is 40.2 Å². The fourth-order valence-electron chi connectivity index (χ4n) is 1.44. The highest BCUT2D eigenvalue weighted by Crippen LogP contribution is 2.27. The van der Waals surface area contributed by atoms with Crippen molar-refractivity contribution in [2.24, 2.45) is 4.99 Å². The Labute approximate surface area is 123 Å². The molecular formula is C13H11N3O4S. The number of nitrogens with one attached hydrogen (secondary N) is 1. The maximum absolute atomic E-state index is 10.9. The van der Waals surface area contributed by atoms with E-state index in [4.69, 9.17) is 5.11 Å². The van der Waals surface area contributed by atoms with Crippen LogP contribution < -0.4 is 5.32 Å². The summed E-state index contributed by atoms with van der Waals surface area (Å²) < 4.78 is 0. The minimum absolute atomic E-state index is 0.169. The van der Waals surface area contributed by atoms with Crippen molar-refractivity contribution in [3.63, 3.8) is 0 Å². The lowest BCUT2D eigenvalue weighted by Crippen LogP contribution is -2.04. The molecule has 1 amide bonds. The number of benzene rings is 1. The number of carboxylic acids is 1. The smallest absolute Gasteiger partial charge is 0.335 e. The van der Waals surface area contributed by atoms with Crippen molar-refractivity contribution in [2.45, 2.75) is 6.92 Å². The first-order valence-corrected chi connectivity index (χ1v) is 6.62. The molecule has 0 unspecified atom stereocenters. The van der Waals surface area contributed by atoms with Gasteiger partial charge in [-0.2, -0.15) is 4.98 Å². The Morgan fingerprint density at radius 1 is 1.33 bits per heavy atom. The van der Waals surface area contributed by atoms with Gasteiger partial charge in [0, 0.05) is 6.92 Å². The number of aliphatic imine (C=N–C) groups is 1. The number of nitrogens with zero attached hydrogens (tertiary/aromatic N) is 2. The standard InChI is InChI=1S/C13H11N3O4S/c1-7(17)15-13-16-11(18)10(21-13)6-14-9-4-2-8(3-5-9)12(19)20/h2-6,18H,1H3,(H,19,20)(H,15,16,17). The van der Waals surface area contributed by atoms with Gasteiger partial charge in [-0.1, -0.05) is 11.3 Å². The molecule has 1 aromatic heterocycles. The van der Waals surface area contributed by atoms with E-state index in [1.165, 1.54) is 25.3 Å². The number of hydrogen-bond donors (Lipinski definition) is 3. The van der Waals surface area contributed by atoms with Gasteiger partial charge in [0.25, 0.3) is 0 Å². The highest BCUT2D eigenvalue weighted by atomic mass is 32.1. The van der Waals surface area contributed by atoms with E-state index in [1.807, 2.05) is 0 Å². The normalized spacial score (nSPS) is 10.7. The molecule has 1 heterocycles. The monoisotopic (exact) mass is 305 g/mol. The van der Waals surface area contributed by atoms with Crippen LogP contribution in [0, 0.1) is 0 Å². The van der Waals surface area contributed by atoms with Crippen LogP contribution in [0.15, 0.2) is 29.3 Å². The number of rotatable bonds is 4. The van der Waals surface area contributed by atoms with E-state index in [1.54, 1.807) is 12.1 Å². The Morgan fingerprint density at radius 2 is 2.00 bits per heavy atom. The van der Waals surface area contributed by atoms with Crippen LogP contribution in [0.2, 0.25) is 0 Å². The Hall–Kier alpha value is -2.74. The average Bonchev–Trinajstić information content (AvgIpc) is 2.76. The SMILES string of the molecule is CC(=O)Nc1nc(O)c(C=Nc2ccc(C(=O)O)cc2)s1. The first-order chi connectivity index (χ1) is 9.95. The van der Waals surface area contributed by atoms with Gasteiger partial charge in [-0.15, -0.1) is 0 Å². The predicted molar refractivity (Wildman–Crippen MR) is 78.7 cm³/mol. The molecule has 108 valence electrons. The van der Waals surface area contributed by atoms with Crippen LogP contribution >= 0.6 is 11.3 Å². The molecule has 3 N–H and O–H groups in total. The molecule has 0 aliphatic carbocycles. The number of hydrogen-bond acceptors (Lipinski definition) is 6. The van der Waals surface area contributed by atoms with Crippen molar-refractivity contribution in [1.29, 1.82) is 0 Å².